The summed E-state index contributed by atoms with van der Waals surface area (Å²) < 4.78 is 28.0. The van der Waals surface area contributed by atoms with Crippen LogP contribution in [0.1, 0.15) is 25.8 Å². The largest absolute Gasteiger partial charge is 0.304 e. The van der Waals surface area contributed by atoms with Crippen molar-refractivity contribution in [3.05, 3.63) is 28.8 Å². The quantitative estimate of drug-likeness (QED) is 0.781. The molecule has 0 aromatic heterocycles. The van der Waals surface area contributed by atoms with Crippen molar-refractivity contribution >= 4 is 21.6 Å². The van der Waals surface area contributed by atoms with Crippen LogP contribution in [0.5, 0.6) is 0 Å². The number of piperazine rings is 1. The fourth-order valence-corrected chi connectivity index (χ4v) is 4.47. The molecular formula is C18H30ClN3O2S. The molecule has 7 heteroatoms. The lowest BCUT2D eigenvalue weighted by Crippen LogP contribution is -2.52. The highest BCUT2D eigenvalue weighted by Crippen LogP contribution is 2.20. The Morgan fingerprint density at radius 3 is 2.40 bits per heavy atom. The van der Waals surface area contributed by atoms with Crippen molar-refractivity contribution in [3.8, 4) is 0 Å². The van der Waals surface area contributed by atoms with E-state index in [9.17, 15) is 8.42 Å². The first-order chi connectivity index (χ1) is 11.7. The molecule has 0 aliphatic carbocycles. The number of halogens is 1. The first-order valence-electron chi connectivity index (χ1n) is 8.87. The minimum Gasteiger partial charge on any atom is -0.304 e. The number of hydrogen-bond donors (Lipinski definition) is 1. The van der Waals surface area contributed by atoms with E-state index >= 15 is 0 Å². The predicted octanol–water partition coefficient (Wildman–Crippen LogP) is 2.59. The van der Waals surface area contributed by atoms with Gasteiger partial charge < -0.3 is 4.90 Å². The Kier molecular flexibility index (Phi) is 7.29. The monoisotopic (exact) mass is 387 g/mol. The van der Waals surface area contributed by atoms with Crippen molar-refractivity contribution in [1.29, 1.82) is 0 Å². The molecule has 1 unspecified atom stereocenters. The second kappa shape index (κ2) is 8.82. The van der Waals surface area contributed by atoms with Crippen LogP contribution in [0, 0.1) is 12.8 Å². The summed E-state index contributed by atoms with van der Waals surface area (Å²) in [6.07, 6.45) is 0.973. The lowest BCUT2D eigenvalue weighted by atomic mass is 10.0. The van der Waals surface area contributed by atoms with Crippen LogP contribution in [0.2, 0.25) is 5.02 Å². The van der Waals surface area contributed by atoms with Crippen LogP contribution >= 0.6 is 11.6 Å². The maximum atomic E-state index is 12.6. The molecule has 1 aromatic carbocycles. The average molecular weight is 388 g/mol. The predicted molar refractivity (Wildman–Crippen MR) is 104 cm³/mol. The van der Waals surface area contributed by atoms with Crippen molar-refractivity contribution in [2.75, 3.05) is 39.8 Å². The second-order valence-electron chi connectivity index (χ2n) is 7.39. The molecule has 1 N–H and O–H groups in total. The zero-order valence-corrected chi connectivity index (χ0v) is 17.2. The molecule has 0 radical (unpaired) electrons. The zero-order chi connectivity index (χ0) is 18.6. The highest BCUT2D eigenvalue weighted by Gasteiger charge is 2.25. The number of nitrogens with zero attached hydrogens (tertiary/aromatic N) is 2. The van der Waals surface area contributed by atoms with Crippen molar-refractivity contribution in [2.45, 2.75) is 38.1 Å². The van der Waals surface area contributed by atoms with Gasteiger partial charge >= 0.3 is 0 Å². The molecule has 1 aliphatic heterocycles. The Morgan fingerprint density at radius 1 is 1.20 bits per heavy atom. The number of rotatable bonds is 7. The van der Waals surface area contributed by atoms with Gasteiger partial charge in [0.25, 0.3) is 0 Å². The van der Waals surface area contributed by atoms with Gasteiger partial charge in [-0.25, -0.2) is 13.1 Å². The van der Waals surface area contributed by atoms with Crippen LogP contribution in [0.4, 0.5) is 0 Å². The first-order valence-corrected chi connectivity index (χ1v) is 10.7. The summed E-state index contributed by atoms with van der Waals surface area (Å²) in [5.41, 5.74) is 0.871. The van der Waals surface area contributed by atoms with Gasteiger partial charge in [-0.15, -0.1) is 0 Å². The molecule has 1 fully saturated rings. The molecule has 1 aliphatic rings. The topological polar surface area (TPSA) is 52.7 Å². The van der Waals surface area contributed by atoms with Crippen molar-refractivity contribution in [2.24, 2.45) is 5.92 Å². The van der Waals surface area contributed by atoms with Gasteiger partial charge in [0, 0.05) is 43.8 Å². The van der Waals surface area contributed by atoms with Gasteiger partial charge in [-0.2, -0.15) is 0 Å². The Labute approximate surface area is 157 Å². The van der Waals surface area contributed by atoms with Gasteiger partial charge in [-0.1, -0.05) is 31.5 Å². The van der Waals surface area contributed by atoms with E-state index in [4.69, 9.17) is 11.6 Å². The molecule has 0 amide bonds. The molecule has 0 bridgehead atoms. The fraction of sp³-hybridized carbons (Fsp3) is 0.667. The average Bonchev–Trinajstić information content (AvgIpc) is 2.54. The first kappa shape index (κ1) is 20.6. The standard InChI is InChI=1S/C18H30ClN3O2S/c1-14(2)11-16(22-9-7-21(4)8-10-22)13-20-25(23,24)17-6-5-15(3)18(19)12-17/h5-6,12,14,16,20H,7-11,13H2,1-4H3. The minimum absolute atomic E-state index is 0.212. The number of hydrogen-bond acceptors (Lipinski definition) is 4. The van der Waals surface area contributed by atoms with Crippen LogP contribution in [0.25, 0.3) is 0 Å². The van der Waals surface area contributed by atoms with E-state index < -0.39 is 10.0 Å². The molecule has 1 heterocycles. The summed E-state index contributed by atoms with van der Waals surface area (Å²) in [4.78, 5) is 4.94. The molecule has 1 atom stereocenters. The van der Waals surface area contributed by atoms with Crippen LogP contribution in [-0.2, 0) is 10.0 Å². The smallest absolute Gasteiger partial charge is 0.240 e. The third-order valence-electron chi connectivity index (χ3n) is 4.76. The van der Waals surface area contributed by atoms with Crippen LogP contribution < -0.4 is 4.72 Å². The highest BCUT2D eigenvalue weighted by atomic mass is 35.5. The summed E-state index contributed by atoms with van der Waals surface area (Å²) in [7, 11) is -1.43. The third kappa shape index (κ3) is 5.93. The van der Waals surface area contributed by atoms with Crippen molar-refractivity contribution in [3.63, 3.8) is 0 Å². The number of nitrogens with one attached hydrogen (secondary N) is 1. The maximum absolute atomic E-state index is 12.6. The van der Waals surface area contributed by atoms with Gasteiger partial charge in [-0.05, 0) is 44.0 Å². The highest BCUT2D eigenvalue weighted by molar-refractivity contribution is 7.89. The molecule has 142 valence electrons. The van der Waals surface area contributed by atoms with Gasteiger partial charge in [-0.3, -0.25) is 4.90 Å². The second-order valence-corrected chi connectivity index (χ2v) is 9.56. The summed E-state index contributed by atoms with van der Waals surface area (Å²) >= 11 is 6.08. The van der Waals surface area contributed by atoms with Gasteiger partial charge in [0.05, 0.1) is 4.90 Å². The third-order valence-corrected chi connectivity index (χ3v) is 6.59. The zero-order valence-electron chi connectivity index (χ0n) is 15.6. The number of aryl methyl sites for hydroxylation is 1. The molecular weight excluding hydrogens is 358 g/mol. The van der Waals surface area contributed by atoms with E-state index in [0.717, 1.165) is 38.2 Å². The van der Waals surface area contributed by atoms with E-state index in [1.165, 1.54) is 6.07 Å². The van der Waals surface area contributed by atoms with E-state index in [1.54, 1.807) is 12.1 Å². The van der Waals surface area contributed by atoms with Crippen molar-refractivity contribution < 1.29 is 8.42 Å². The van der Waals surface area contributed by atoms with Gasteiger partial charge in [0.1, 0.15) is 0 Å². The normalized spacial score (nSPS) is 18.6. The lowest BCUT2D eigenvalue weighted by molar-refractivity contribution is 0.102. The molecule has 25 heavy (non-hydrogen) atoms. The molecule has 5 nitrogen and oxygen atoms in total. The van der Waals surface area contributed by atoms with Gasteiger partial charge in [0.15, 0.2) is 0 Å². The van der Waals surface area contributed by atoms with E-state index in [2.05, 4.69) is 35.4 Å². The molecule has 2 rings (SSSR count). The summed E-state index contributed by atoms with van der Waals surface area (Å²) in [6, 6.07) is 5.08. The van der Waals surface area contributed by atoms with Crippen LogP contribution in [0.15, 0.2) is 23.1 Å². The Hall–Kier alpha value is -0.660. The SMILES string of the molecule is Cc1ccc(S(=O)(=O)NCC(CC(C)C)N2CCN(C)CC2)cc1Cl. The number of likely N-dealkylation sites (N-methyl/N-ethyl adjacent to an activating group) is 1. The van der Waals surface area contributed by atoms with Gasteiger partial charge in [0.2, 0.25) is 10.0 Å². The fourth-order valence-electron chi connectivity index (χ4n) is 3.12. The van der Waals surface area contributed by atoms with E-state index in [-0.39, 0.29) is 10.9 Å². The molecule has 1 aromatic rings. The van der Waals surface area contributed by atoms with Crippen LogP contribution in [-0.4, -0.2) is 64.0 Å². The number of sulfonamides is 1. The molecule has 0 saturated carbocycles. The van der Waals surface area contributed by atoms with Crippen LogP contribution in [0.3, 0.4) is 0 Å². The van der Waals surface area contributed by atoms with E-state index in [1.807, 2.05) is 6.92 Å². The summed E-state index contributed by atoms with van der Waals surface area (Å²) in [5, 5.41) is 0.473. The number of benzene rings is 1. The minimum atomic E-state index is -3.55. The maximum Gasteiger partial charge on any atom is 0.240 e. The Morgan fingerprint density at radius 2 is 1.84 bits per heavy atom. The van der Waals surface area contributed by atoms with E-state index in [0.29, 0.717) is 17.5 Å². The Bertz CT molecular complexity index is 671. The molecule has 1 saturated heterocycles. The summed E-state index contributed by atoms with van der Waals surface area (Å²) in [5.74, 6) is 0.517. The Balaban J connectivity index is 2.06. The van der Waals surface area contributed by atoms with Crippen molar-refractivity contribution in [1.82, 2.24) is 14.5 Å². The lowest BCUT2D eigenvalue weighted by Gasteiger charge is -2.38. The molecule has 0 spiro atoms. The summed E-state index contributed by atoms with van der Waals surface area (Å²) in [6.45, 7) is 10.6.